The lowest BCUT2D eigenvalue weighted by atomic mass is 10.0. The van der Waals surface area contributed by atoms with E-state index in [1.807, 2.05) is 0 Å². The van der Waals surface area contributed by atoms with Crippen LogP contribution in [0.3, 0.4) is 0 Å². The number of hydrogen-bond acceptors (Lipinski definition) is 3. The van der Waals surface area contributed by atoms with Crippen LogP contribution in [-0.2, 0) is 14.9 Å². The van der Waals surface area contributed by atoms with Crippen LogP contribution in [0.15, 0.2) is 0 Å². The Kier molecular flexibility index (Phi) is 13.9. The van der Waals surface area contributed by atoms with E-state index in [0.29, 0.717) is 12.2 Å². The van der Waals surface area contributed by atoms with Crippen LogP contribution in [0.4, 0.5) is 0 Å². The van der Waals surface area contributed by atoms with Crippen molar-refractivity contribution < 1.29 is 17.8 Å². The highest BCUT2D eigenvalue weighted by atomic mass is 32.2. The van der Waals surface area contributed by atoms with Crippen LogP contribution < -0.4 is 0 Å². The van der Waals surface area contributed by atoms with Crippen LogP contribution in [0.5, 0.6) is 0 Å². The SMILES string of the molecule is CC(=O)CCCCCCCCCCCCCCCS(=O)(=O)O. The maximum absolute atomic E-state index is 10.8. The Morgan fingerprint density at radius 2 is 1.00 bits per heavy atom. The molecule has 0 aromatic carbocycles. The first-order valence-corrected chi connectivity index (χ1v) is 10.5. The Morgan fingerprint density at radius 1 is 0.682 bits per heavy atom. The van der Waals surface area contributed by atoms with E-state index in [-0.39, 0.29) is 5.75 Å². The van der Waals surface area contributed by atoms with Gasteiger partial charge in [0.25, 0.3) is 10.1 Å². The summed E-state index contributed by atoms with van der Waals surface area (Å²) in [4.78, 5) is 10.8. The van der Waals surface area contributed by atoms with E-state index in [0.717, 1.165) is 32.1 Å². The molecule has 0 unspecified atom stereocenters. The van der Waals surface area contributed by atoms with Crippen LogP contribution in [0.25, 0.3) is 0 Å². The lowest BCUT2D eigenvalue weighted by Gasteiger charge is -2.03. The summed E-state index contributed by atoms with van der Waals surface area (Å²) < 4.78 is 29.6. The molecule has 4 nitrogen and oxygen atoms in total. The molecule has 0 heterocycles. The summed E-state index contributed by atoms with van der Waals surface area (Å²) in [5.41, 5.74) is 0. The average Bonchev–Trinajstić information content (AvgIpc) is 2.41. The minimum atomic E-state index is -3.76. The fourth-order valence-electron chi connectivity index (χ4n) is 2.60. The highest BCUT2D eigenvalue weighted by Gasteiger charge is 2.02. The Morgan fingerprint density at radius 3 is 1.32 bits per heavy atom. The first-order chi connectivity index (χ1) is 10.4. The molecule has 0 rings (SSSR count). The lowest BCUT2D eigenvalue weighted by molar-refractivity contribution is -0.117. The first kappa shape index (κ1) is 21.6. The van der Waals surface area contributed by atoms with Gasteiger partial charge in [0.15, 0.2) is 0 Å². The van der Waals surface area contributed by atoms with E-state index in [1.54, 1.807) is 6.92 Å². The van der Waals surface area contributed by atoms with Crippen molar-refractivity contribution in [3.05, 3.63) is 0 Å². The fraction of sp³-hybridized carbons (Fsp3) is 0.941. The molecular weight excluding hydrogens is 300 g/mol. The van der Waals surface area contributed by atoms with Gasteiger partial charge in [-0.25, -0.2) is 0 Å². The standard InChI is InChI=1S/C17H34O4S/c1-17(18)15-13-11-9-7-5-3-2-4-6-8-10-12-14-16-22(19,20)21/h2-16H2,1H3,(H,19,20,21). The number of unbranched alkanes of at least 4 members (excludes halogenated alkanes) is 12. The molecule has 0 saturated carbocycles. The molecule has 0 spiro atoms. The topological polar surface area (TPSA) is 71.4 Å². The number of ketones is 1. The normalized spacial score (nSPS) is 11.7. The number of hydrogen-bond donors (Lipinski definition) is 1. The smallest absolute Gasteiger partial charge is 0.264 e. The highest BCUT2D eigenvalue weighted by molar-refractivity contribution is 7.85. The van der Waals surface area contributed by atoms with Gasteiger partial charge in [0, 0.05) is 6.42 Å². The molecule has 0 atom stereocenters. The molecule has 132 valence electrons. The van der Waals surface area contributed by atoms with Crippen molar-refractivity contribution in [2.24, 2.45) is 0 Å². The third kappa shape index (κ3) is 19.6. The zero-order valence-corrected chi connectivity index (χ0v) is 15.0. The number of carbonyl (C=O) groups excluding carboxylic acids is 1. The Bertz CT molecular complexity index is 363. The Hall–Kier alpha value is -0.420. The van der Waals surface area contributed by atoms with E-state index in [2.05, 4.69) is 0 Å². The molecule has 0 aliphatic rings. The van der Waals surface area contributed by atoms with Gasteiger partial charge in [-0.2, -0.15) is 8.42 Å². The molecule has 0 amide bonds. The van der Waals surface area contributed by atoms with Crippen molar-refractivity contribution in [2.45, 2.75) is 96.8 Å². The summed E-state index contributed by atoms with van der Waals surface area (Å²) in [6.45, 7) is 1.66. The van der Waals surface area contributed by atoms with Crippen molar-refractivity contribution in [3.63, 3.8) is 0 Å². The maximum Gasteiger partial charge on any atom is 0.264 e. The molecule has 5 heteroatoms. The van der Waals surface area contributed by atoms with Gasteiger partial charge >= 0.3 is 0 Å². The molecule has 1 N–H and O–H groups in total. The zero-order valence-electron chi connectivity index (χ0n) is 14.2. The Labute approximate surface area is 136 Å². The number of Topliss-reactive ketones (excluding diaryl/α,β-unsaturated/α-hetero) is 1. The molecule has 0 saturated heterocycles. The minimum Gasteiger partial charge on any atom is -0.300 e. The van der Waals surface area contributed by atoms with Gasteiger partial charge in [0.05, 0.1) is 5.75 Å². The molecular formula is C17H34O4S. The highest BCUT2D eigenvalue weighted by Crippen LogP contribution is 2.13. The van der Waals surface area contributed by atoms with Gasteiger partial charge in [-0.15, -0.1) is 0 Å². The second-order valence-electron chi connectivity index (χ2n) is 6.33. The second-order valence-corrected chi connectivity index (χ2v) is 7.91. The zero-order chi connectivity index (χ0) is 16.7. The van der Waals surface area contributed by atoms with Crippen molar-refractivity contribution >= 4 is 15.9 Å². The van der Waals surface area contributed by atoms with Gasteiger partial charge in [-0.3, -0.25) is 4.55 Å². The van der Waals surface area contributed by atoms with E-state index in [4.69, 9.17) is 4.55 Å². The largest absolute Gasteiger partial charge is 0.300 e. The van der Waals surface area contributed by atoms with Crippen LogP contribution in [-0.4, -0.2) is 24.5 Å². The predicted octanol–water partition coefficient (Wildman–Crippen LogP) is 4.92. The molecule has 22 heavy (non-hydrogen) atoms. The third-order valence-electron chi connectivity index (χ3n) is 3.93. The average molecular weight is 335 g/mol. The van der Waals surface area contributed by atoms with Gasteiger partial charge in [-0.1, -0.05) is 70.6 Å². The monoisotopic (exact) mass is 334 g/mol. The number of rotatable bonds is 16. The van der Waals surface area contributed by atoms with Crippen molar-refractivity contribution in [2.75, 3.05) is 5.75 Å². The fourth-order valence-corrected chi connectivity index (χ4v) is 3.17. The van der Waals surface area contributed by atoms with Crippen LogP contribution in [0, 0.1) is 0 Å². The number of carbonyl (C=O) groups is 1. The summed E-state index contributed by atoms with van der Waals surface area (Å²) >= 11 is 0. The molecule has 0 bridgehead atoms. The van der Waals surface area contributed by atoms with Gasteiger partial charge in [0.1, 0.15) is 5.78 Å². The maximum atomic E-state index is 10.8. The first-order valence-electron chi connectivity index (χ1n) is 8.86. The van der Waals surface area contributed by atoms with E-state index >= 15 is 0 Å². The molecule has 0 aliphatic heterocycles. The van der Waals surface area contributed by atoms with Crippen molar-refractivity contribution in [3.8, 4) is 0 Å². The van der Waals surface area contributed by atoms with Gasteiger partial charge < -0.3 is 4.79 Å². The summed E-state index contributed by atoms with van der Waals surface area (Å²) in [6, 6.07) is 0. The Balaban J connectivity index is 3.07. The van der Waals surface area contributed by atoms with Crippen molar-refractivity contribution in [1.29, 1.82) is 0 Å². The lowest BCUT2D eigenvalue weighted by Crippen LogP contribution is -2.03. The van der Waals surface area contributed by atoms with E-state index < -0.39 is 10.1 Å². The van der Waals surface area contributed by atoms with Crippen LogP contribution >= 0.6 is 0 Å². The molecule has 0 aliphatic carbocycles. The quantitative estimate of drug-likeness (QED) is 0.321. The van der Waals surface area contributed by atoms with E-state index in [9.17, 15) is 13.2 Å². The molecule has 0 aromatic heterocycles. The summed E-state index contributed by atoms with van der Waals surface area (Å²) in [5, 5.41) is 0. The van der Waals surface area contributed by atoms with Crippen LogP contribution in [0.2, 0.25) is 0 Å². The van der Waals surface area contributed by atoms with Crippen LogP contribution in [0.1, 0.15) is 96.8 Å². The third-order valence-corrected chi connectivity index (χ3v) is 4.74. The predicted molar refractivity (Wildman–Crippen MR) is 91.7 cm³/mol. The summed E-state index contributed by atoms with van der Waals surface area (Å²) in [7, 11) is -3.76. The molecule has 0 radical (unpaired) electrons. The van der Waals surface area contributed by atoms with E-state index in [1.165, 1.54) is 51.4 Å². The summed E-state index contributed by atoms with van der Waals surface area (Å²) in [5.74, 6) is 0.206. The van der Waals surface area contributed by atoms with Gasteiger partial charge in [-0.05, 0) is 19.8 Å². The molecule has 0 aromatic rings. The summed E-state index contributed by atoms with van der Waals surface area (Å²) in [6.07, 6.45) is 15.6. The van der Waals surface area contributed by atoms with Gasteiger partial charge in [0.2, 0.25) is 0 Å². The van der Waals surface area contributed by atoms with Crippen molar-refractivity contribution in [1.82, 2.24) is 0 Å². The molecule has 0 fully saturated rings. The minimum absolute atomic E-state index is 0.0978. The second kappa shape index (κ2) is 14.2.